The number of methoxy groups -OCH3 is 1. The van der Waals surface area contributed by atoms with Crippen LogP contribution in [-0.2, 0) is 4.74 Å². The fourth-order valence-corrected chi connectivity index (χ4v) is 1.90. The molecule has 1 amide bonds. The smallest absolute Gasteiger partial charge is 0.337 e. The minimum atomic E-state index is -0.448. The maximum absolute atomic E-state index is 12.1. The van der Waals surface area contributed by atoms with E-state index in [9.17, 15) is 9.59 Å². The molecule has 0 fully saturated rings. The number of hydrogen-bond donors (Lipinski definition) is 1. The standard InChI is InChI=1S/C15H15NO4/c1-9-7-13(10(2)20-9)14(17)16-12-6-4-5-11(8-12)15(18)19-3/h4-8H,1-3H3,(H,16,17). The van der Waals surface area contributed by atoms with Crippen molar-refractivity contribution in [2.75, 3.05) is 12.4 Å². The summed E-state index contributed by atoms with van der Waals surface area (Å²) in [7, 11) is 1.31. The van der Waals surface area contributed by atoms with Gasteiger partial charge in [0.1, 0.15) is 11.5 Å². The van der Waals surface area contributed by atoms with Gasteiger partial charge in [0.05, 0.1) is 18.2 Å². The van der Waals surface area contributed by atoms with Gasteiger partial charge in [-0.15, -0.1) is 0 Å². The van der Waals surface area contributed by atoms with Gasteiger partial charge >= 0.3 is 5.97 Å². The zero-order chi connectivity index (χ0) is 14.7. The SMILES string of the molecule is COC(=O)c1cccc(NC(=O)c2cc(C)oc2C)c1. The Kier molecular flexibility index (Phi) is 3.89. The second-order valence-corrected chi connectivity index (χ2v) is 4.35. The Labute approximate surface area is 116 Å². The van der Waals surface area contributed by atoms with Crippen LogP contribution in [0.25, 0.3) is 0 Å². The van der Waals surface area contributed by atoms with Crippen LogP contribution in [0.1, 0.15) is 32.2 Å². The van der Waals surface area contributed by atoms with Gasteiger partial charge in [0.2, 0.25) is 0 Å². The number of ether oxygens (including phenoxy) is 1. The Morgan fingerprint density at radius 3 is 2.55 bits per heavy atom. The Hall–Kier alpha value is -2.56. The molecule has 0 saturated carbocycles. The lowest BCUT2D eigenvalue weighted by Crippen LogP contribution is -2.12. The molecule has 0 spiro atoms. The molecular weight excluding hydrogens is 258 g/mol. The average molecular weight is 273 g/mol. The van der Waals surface area contributed by atoms with Crippen LogP contribution in [0.2, 0.25) is 0 Å². The van der Waals surface area contributed by atoms with Crippen LogP contribution in [0.3, 0.4) is 0 Å². The quantitative estimate of drug-likeness (QED) is 0.873. The number of nitrogens with one attached hydrogen (secondary N) is 1. The second kappa shape index (κ2) is 5.61. The first-order chi connectivity index (χ1) is 9.51. The zero-order valence-electron chi connectivity index (χ0n) is 11.5. The van der Waals surface area contributed by atoms with Gasteiger partial charge in [-0.2, -0.15) is 0 Å². The van der Waals surface area contributed by atoms with Gasteiger partial charge in [0, 0.05) is 5.69 Å². The van der Waals surface area contributed by atoms with E-state index in [1.807, 2.05) is 0 Å². The Bertz CT molecular complexity index is 658. The molecule has 20 heavy (non-hydrogen) atoms. The van der Waals surface area contributed by atoms with E-state index in [2.05, 4.69) is 10.1 Å². The number of benzene rings is 1. The lowest BCUT2D eigenvalue weighted by Gasteiger charge is -2.06. The third kappa shape index (κ3) is 2.88. The molecule has 0 aliphatic heterocycles. The average Bonchev–Trinajstić information content (AvgIpc) is 2.77. The molecule has 0 atom stereocenters. The number of hydrogen-bond acceptors (Lipinski definition) is 4. The molecule has 1 N–H and O–H groups in total. The monoisotopic (exact) mass is 273 g/mol. The normalized spacial score (nSPS) is 10.2. The van der Waals surface area contributed by atoms with Gasteiger partial charge in [0.15, 0.2) is 0 Å². The molecule has 1 aromatic carbocycles. The van der Waals surface area contributed by atoms with Gasteiger partial charge in [-0.05, 0) is 38.1 Å². The molecular formula is C15H15NO4. The van der Waals surface area contributed by atoms with Gasteiger partial charge in [-0.1, -0.05) is 6.07 Å². The molecule has 0 bridgehead atoms. The molecule has 5 nitrogen and oxygen atoms in total. The fraction of sp³-hybridized carbons (Fsp3) is 0.200. The van der Waals surface area contributed by atoms with Crippen molar-refractivity contribution in [3.63, 3.8) is 0 Å². The van der Waals surface area contributed by atoms with E-state index in [1.54, 1.807) is 44.2 Å². The van der Waals surface area contributed by atoms with Gasteiger partial charge < -0.3 is 14.5 Å². The molecule has 1 heterocycles. The van der Waals surface area contributed by atoms with Crippen LogP contribution in [0, 0.1) is 13.8 Å². The molecule has 1 aromatic heterocycles. The van der Waals surface area contributed by atoms with E-state index in [-0.39, 0.29) is 5.91 Å². The number of rotatable bonds is 3. The summed E-state index contributed by atoms with van der Waals surface area (Å²) < 4.78 is 9.95. The molecule has 0 unspecified atom stereocenters. The van der Waals surface area contributed by atoms with Crippen molar-refractivity contribution in [1.29, 1.82) is 0 Å². The minimum Gasteiger partial charge on any atom is -0.466 e. The van der Waals surface area contributed by atoms with Crippen molar-refractivity contribution < 1.29 is 18.7 Å². The molecule has 0 saturated heterocycles. The molecule has 2 rings (SSSR count). The van der Waals surface area contributed by atoms with Crippen molar-refractivity contribution in [3.05, 3.63) is 53.0 Å². The lowest BCUT2D eigenvalue weighted by molar-refractivity contribution is 0.0600. The lowest BCUT2D eigenvalue weighted by atomic mass is 10.2. The van der Waals surface area contributed by atoms with E-state index >= 15 is 0 Å². The largest absolute Gasteiger partial charge is 0.466 e. The van der Waals surface area contributed by atoms with Gasteiger partial charge in [-0.3, -0.25) is 4.79 Å². The number of furan rings is 1. The summed E-state index contributed by atoms with van der Waals surface area (Å²) in [5.41, 5.74) is 1.38. The summed E-state index contributed by atoms with van der Waals surface area (Å²) in [4.78, 5) is 23.5. The second-order valence-electron chi connectivity index (χ2n) is 4.35. The highest BCUT2D eigenvalue weighted by molar-refractivity contribution is 6.05. The maximum Gasteiger partial charge on any atom is 0.337 e. The Balaban J connectivity index is 2.20. The first kappa shape index (κ1) is 13.9. The molecule has 2 aromatic rings. The minimum absolute atomic E-state index is 0.277. The van der Waals surface area contributed by atoms with E-state index in [0.717, 1.165) is 0 Å². The Morgan fingerprint density at radius 2 is 1.95 bits per heavy atom. The first-order valence-corrected chi connectivity index (χ1v) is 6.08. The van der Waals surface area contributed by atoms with Crippen LogP contribution >= 0.6 is 0 Å². The van der Waals surface area contributed by atoms with E-state index < -0.39 is 5.97 Å². The first-order valence-electron chi connectivity index (χ1n) is 6.08. The highest BCUT2D eigenvalue weighted by Gasteiger charge is 2.14. The van der Waals surface area contributed by atoms with E-state index in [4.69, 9.17) is 4.42 Å². The number of esters is 1. The van der Waals surface area contributed by atoms with Crippen molar-refractivity contribution in [1.82, 2.24) is 0 Å². The number of aryl methyl sites for hydroxylation is 2. The predicted molar refractivity (Wildman–Crippen MR) is 73.9 cm³/mol. The summed E-state index contributed by atoms with van der Waals surface area (Å²) >= 11 is 0. The summed E-state index contributed by atoms with van der Waals surface area (Å²) in [5, 5.41) is 2.73. The Morgan fingerprint density at radius 1 is 1.20 bits per heavy atom. The molecule has 0 radical (unpaired) electrons. The summed E-state index contributed by atoms with van der Waals surface area (Å²) in [6.45, 7) is 3.51. The van der Waals surface area contributed by atoms with E-state index in [0.29, 0.717) is 28.3 Å². The number of anilines is 1. The molecule has 104 valence electrons. The maximum atomic E-state index is 12.1. The van der Waals surface area contributed by atoms with Crippen molar-refractivity contribution in [2.45, 2.75) is 13.8 Å². The van der Waals surface area contributed by atoms with Gasteiger partial charge in [-0.25, -0.2) is 4.79 Å². The predicted octanol–water partition coefficient (Wildman–Crippen LogP) is 2.94. The molecule has 0 aliphatic rings. The highest BCUT2D eigenvalue weighted by atomic mass is 16.5. The van der Waals surface area contributed by atoms with Crippen molar-refractivity contribution >= 4 is 17.6 Å². The third-order valence-corrected chi connectivity index (χ3v) is 2.83. The van der Waals surface area contributed by atoms with Crippen molar-refractivity contribution in [2.24, 2.45) is 0 Å². The molecule has 0 aliphatic carbocycles. The van der Waals surface area contributed by atoms with Crippen LogP contribution in [-0.4, -0.2) is 19.0 Å². The number of amides is 1. The number of carbonyl (C=O) groups is 2. The van der Waals surface area contributed by atoms with Crippen LogP contribution < -0.4 is 5.32 Å². The van der Waals surface area contributed by atoms with E-state index in [1.165, 1.54) is 7.11 Å². The van der Waals surface area contributed by atoms with Crippen LogP contribution in [0.5, 0.6) is 0 Å². The van der Waals surface area contributed by atoms with Crippen molar-refractivity contribution in [3.8, 4) is 0 Å². The fourth-order valence-electron chi connectivity index (χ4n) is 1.90. The van der Waals surface area contributed by atoms with Gasteiger partial charge in [0.25, 0.3) is 5.91 Å². The molecule has 5 heteroatoms. The third-order valence-electron chi connectivity index (χ3n) is 2.83. The summed E-state index contributed by atoms with van der Waals surface area (Å²) in [6.07, 6.45) is 0. The number of carbonyl (C=O) groups excluding carboxylic acids is 2. The van der Waals surface area contributed by atoms with Crippen LogP contribution in [0.15, 0.2) is 34.7 Å². The zero-order valence-corrected chi connectivity index (χ0v) is 11.5. The summed E-state index contributed by atoms with van der Waals surface area (Å²) in [5.74, 6) is 0.512. The summed E-state index contributed by atoms with van der Waals surface area (Å²) in [6, 6.07) is 8.23. The van der Waals surface area contributed by atoms with Crippen LogP contribution in [0.4, 0.5) is 5.69 Å². The topological polar surface area (TPSA) is 68.5 Å². The highest BCUT2D eigenvalue weighted by Crippen LogP contribution is 2.17.